The molecule has 286 valence electrons. The van der Waals surface area contributed by atoms with E-state index in [1.165, 1.54) is 51.0 Å². The smallest absolute Gasteiger partial charge is 0.328 e. The standard InChI is InChI=1S/C37H48N6O8S2/c1-25(2)35(43-22-34(45)42(37(43)47)20-29-24-52-33(39-29)23-51-3)36(46)40-31(17-26-9-5-4-6-10-26)32(44)21-41(19-28-11-7-8-12-28)53(49,50)30-15-13-27(14-16-30)18-38-48/h4-6,9-10,13-16,18,24-25,28,31-32,35,44,48H,7-8,11-12,17,19-23H2,1-3H3,(H,40,46)/t31-,32-,35-/m0/s1. The van der Waals surface area contributed by atoms with Gasteiger partial charge in [-0.15, -0.1) is 11.3 Å². The molecule has 1 aliphatic heterocycles. The van der Waals surface area contributed by atoms with E-state index >= 15 is 0 Å². The number of sulfonamides is 1. The van der Waals surface area contributed by atoms with E-state index in [9.17, 15) is 27.9 Å². The van der Waals surface area contributed by atoms with Crippen LogP contribution in [0.25, 0.3) is 0 Å². The van der Waals surface area contributed by atoms with Gasteiger partial charge in [-0.3, -0.25) is 14.5 Å². The average Bonchev–Trinajstić information content (AvgIpc) is 3.87. The Kier molecular flexibility index (Phi) is 13.7. The normalized spacial score (nSPS) is 17.4. The number of aliphatic hydroxyl groups excluding tert-OH is 1. The zero-order valence-corrected chi connectivity index (χ0v) is 31.8. The molecule has 1 aliphatic carbocycles. The van der Waals surface area contributed by atoms with E-state index in [1.807, 2.05) is 30.3 Å². The molecule has 4 amide bonds. The number of aliphatic hydroxyl groups is 1. The third kappa shape index (κ3) is 10.1. The van der Waals surface area contributed by atoms with E-state index in [1.54, 1.807) is 26.3 Å². The van der Waals surface area contributed by atoms with Crippen molar-refractivity contribution in [3.63, 3.8) is 0 Å². The lowest BCUT2D eigenvalue weighted by Crippen LogP contribution is -2.57. The summed E-state index contributed by atoms with van der Waals surface area (Å²) in [6.07, 6.45) is 3.75. The molecule has 1 saturated carbocycles. The Balaban J connectivity index is 1.38. The van der Waals surface area contributed by atoms with Crippen LogP contribution in [0.5, 0.6) is 0 Å². The van der Waals surface area contributed by atoms with Gasteiger partial charge in [-0.25, -0.2) is 18.2 Å². The van der Waals surface area contributed by atoms with E-state index in [2.05, 4.69) is 15.5 Å². The lowest BCUT2D eigenvalue weighted by atomic mass is 9.97. The fourth-order valence-corrected chi connectivity index (χ4v) is 9.25. The average molecular weight is 769 g/mol. The Morgan fingerprint density at radius 3 is 2.47 bits per heavy atom. The maximum atomic E-state index is 14.2. The number of imide groups is 1. The minimum Gasteiger partial charge on any atom is -0.411 e. The van der Waals surface area contributed by atoms with Gasteiger partial charge in [0.05, 0.1) is 42.1 Å². The number of hydrogen-bond donors (Lipinski definition) is 3. The first kappa shape index (κ1) is 40.0. The van der Waals surface area contributed by atoms with Crippen molar-refractivity contribution in [1.29, 1.82) is 0 Å². The number of carbonyl (C=O) groups is 3. The van der Waals surface area contributed by atoms with E-state index in [4.69, 9.17) is 9.94 Å². The summed E-state index contributed by atoms with van der Waals surface area (Å²) in [6, 6.07) is 12.5. The quantitative estimate of drug-likeness (QED) is 0.0750. The number of nitrogens with one attached hydrogen (secondary N) is 1. The number of rotatable bonds is 18. The van der Waals surface area contributed by atoms with Crippen LogP contribution in [0.15, 0.2) is 70.0 Å². The van der Waals surface area contributed by atoms with E-state index in [0.717, 1.165) is 36.1 Å². The lowest BCUT2D eigenvalue weighted by Gasteiger charge is -2.34. The first-order chi connectivity index (χ1) is 25.4. The topological polar surface area (TPSA) is 182 Å². The number of benzene rings is 2. The van der Waals surface area contributed by atoms with Crippen LogP contribution in [-0.4, -0.2) is 107 Å². The number of carbonyl (C=O) groups excluding carboxylic acids is 3. The molecule has 0 radical (unpaired) electrons. The summed E-state index contributed by atoms with van der Waals surface area (Å²) < 4.78 is 34.7. The molecular weight excluding hydrogens is 721 g/mol. The fraction of sp³-hybridized carbons (Fsp3) is 0.486. The molecule has 0 unspecified atom stereocenters. The summed E-state index contributed by atoms with van der Waals surface area (Å²) in [5, 5.41) is 29.2. The fourth-order valence-electron chi connectivity index (χ4n) is 6.96. The Morgan fingerprint density at radius 2 is 1.83 bits per heavy atom. The third-order valence-corrected chi connectivity index (χ3v) is 12.4. The Bertz CT molecular complexity index is 1830. The van der Waals surface area contributed by atoms with Crippen LogP contribution in [0.4, 0.5) is 4.79 Å². The number of ether oxygens (including phenoxy) is 1. The van der Waals surface area contributed by atoms with Crippen molar-refractivity contribution in [3.8, 4) is 0 Å². The molecule has 0 bridgehead atoms. The Labute approximate surface area is 314 Å². The summed E-state index contributed by atoms with van der Waals surface area (Å²) in [4.78, 5) is 47.8. The molecule has 1 saturated heterocycles. The second kappa shape index (κ2) is 18.2. The van der Waals surface area contributed by atoms with E-state index in [-0.39, 0.29) is 43.4 Å². The van der Waals surface area contributed by atoms with Gasteiger partial charge in [0.25, 0.3) is 5.91 Å². The predicted molar refractivity (Wildman–Crippen MR) is 199 cm³/mol. The highest BCUT2D eigenvalue weighted by atomic mass is 32.2. The van der Waals surface area contributed by atoms with Gasteiger partial charge >= 0.3 is 6.03 Å². The first-order valence-electron chi connectivity index (χ1n) is 17.7. The van der Waals surface area contributed by atoms with Crippen LogP contribution in [0, 0.1) is 11.8 Å². The molecular formula is C37H48N6O8S2. The van der Waals surface area contributed by atoms with E-state index < -0.39 is 52.0 Å². The zero-order chi connectivity index (χ0) is 38.1. The van der Waals surface area contributed by atoms with Crippen molar-refractivity contribution in [3.05, 3.63) is 81.8 Å². The van der Waals surface area contributed by atoms with Crippen LogP contribution in [0.3, 0.4) is 0 Å². The molecule has 3 N–H and O–H groups in total. The summed E-state index contributed by atoms with van der Waals surface area (Å²) in [7, 11) is -2.54. The Morgan fingerprint density at radius 1 is 1.13 bits per heavy atom. The maximum Gasteiger partial charge on any atom is 0.328 e. The minimum absolute atomic E-state index is 0.0237. The van der Waals surface area contributed by atoms with Gasteiger partial charge in [-0.2, -0.15) is 4.31 Å². The molecule has 16 heteroatoms. The van der Waals surface area contributed by atoms with Crippen molar-refractivity contribution < 1.29 is 37.9 Å². The zero-order valence-electron chi connectivity index (χ0n) is 30.2. The first-order valence-corrected chi connectivity index (χ1v) is 20.1. The number of oxime groups is 1. The molecule has 1 aromatic heterocycles. The summed E-state index contributed by atoms with van der Waals surface area (Å²) in [6.45, 7) is 3.42. The van der Waals surface area contributed by atoms with Crippen molar-refractivity contribution in [2.75, 3.05) is 26.7 Å². The molecule has 0 spiro atoms. The molecule has 2 aliphatic rings. The van der Waals surface area contributed by atoms with Gasteiger partial charge in [-0.1, -0.05) is 74.3 Å². The maximum absolute atomic E-state index is 14.2. The largest absolute Gasteiger partial charge is 0.411 e. The monoisotopic (exact) mass is 768 g/mol. The number of amides is 4. The van der Waals surface area contributed by atoms with Crippen LogP contribution in [0.1, 0.15) is 61.4 Å². The number of nitrogens with zero attached hydrogens (tertiary/aromatic N) is 5. The molecule has 3 aromatic rings. The SMILES string of the molecule is COCc1nc(CN2C(=O)CN([C@H](C(=O)N[C@@H](Cc3ccccc3)[C@@H](O)CN(CC3CCCC3)S(=O)(=O)c3ccc(C=NO)cc3)C(C)C)C2=O)cs1. The minimum atomic E-state index is -4.09. The molecule has 2 fully saturated rings. The lowest BCUT2D eigenvalue weighted by molar-refractivity contribution is -0.129. The molecule has 2 aromatic carbocycles. The van der Waals surface area contributed by atoms with Gasteiger partial charge in [0, 0.05) is 25.6 Å². The van der Waals surface area contributed by atoms with Crippen LogP contribution in [-0.2, 0) is 43.9 Å². The van der Waals surface area contributed by atoms with Crippen LogP contribution < -0.4 is 5.32 Å². The molecule has 14 nitrogen and oxygen atoms in total. The van der Waals surface area contributed by atoms with E-state index in [0.29, 0.717) is 22.9 Å². The van der Waals surface area contributed by atoms with Gasteiger partial charge in [0.2, 0.25) is 15.9 Å². The van der Waals surface area contributed by atoms with Crippen molar-refractivity contribution in [1.82, 2.24) is 24.4 Å². The molecule has 2 heterocycles. The number of aromatic nitrogens is 1. The Hall–Kier alpha value is -4.22. The van der Waals surface area contributed by atoms with Crippen LogP contribution in [0.2, 0.25) is 0 Å². The van der Waals surface area contributed by atoms with Crippen molar-refractivity contribution in [2.24, 2.45) is 17.0 Å². The molecule has 53 heavy (non-hydrogen) atoms. The molecule has 3 atom stereocenters. The van der Waals surface area contributed by atoms with Gasteiger partial charge in [0.15, 0.2) is 0 Å². The van der Waals surface area contributed by atoms with Crippen LogP contribution >= 0.6 is 11.3 Å². The summed E-state index contributed by atoms with van der Waals surface area (Å²) in [5.74, 6) is -1.32. The second-order valence-corrected chi connectivity index (χ2v) is 16.8. The summed E-state index contributed by atoms with van der Waals surface area (Å²) >= 11 is 1.36. The number of urea groups is 1. The van der Waals surface area contributed by atoms with Crippen molar-refractivity contribution >= 4 is 45.4 Å². The highest BCUT2D eigenvalue weighted by molar-refractivity contribution is 7.89. The second-order valence-electron chi connectivity index (χ2n) is 13.9. The highest BCUT2D eigenvalue weighted by Crippen LogP contribution is 2.29. The number of methoxy groups -OCH3 is 1. The highest BCUT2D eigenvalue weighted by Gasteiger charge is 2.44. The predicted octanol–water partition coefficient (Wildman–Crippen LogP) is 3.86. The number of hydrogen-bond acceptors (Lipinski definition) is 11. The van der Waals surface area contributed by atoms with Gasteiger partial charge < -0.3 is 25.3 Å². The van der Waals surface area contributed by atoms with Gasteiger partial charge in [0.1, 0.15) is 17.6 Å². The third-order valence-electron chi connectivity index (χ3n) is 9.65. The number of thiazole rings is 1. The molecule has 5 rings (SSSR count). The summed E-state index contributed by atoms with van der Waals surface area (Å²) in [5.41, 5.74) is 1.85. The van der Waals surface area contributed by atoms with Gasteiger partial charge in [-0.05, 0) is 54.4 Å². The van der Waals surface area contributed by atoms with Crippen molar-refractivity contribution in [2.45, 2.75) is 82.2 Å².